The average molecular weight is 243 g/mol. The summed E-state index contributed by atoms with van der Waals surface area (Å²) in [7, 11) is 0. The maximum absolute atomic E-state index is 8.09. The zero-order valence-electron chi connectivity index (χ0n) is 10.3. The third-order valence-corrected chi connectivity index (χ3v) is 2.55. The van der Waals surface area contributed by atoms with Crippen molar-refractivity contribution in [3.63, 3.8) is 0 Å². The largest absolute Gasteiger partial charge is 0.290 e. The van der Waals surface area contributed by atoms with E-state index in [1.807, 2.05) is 39.8 Å². The Morgan fingerprint density at radius 1 is 1.50 bits per heavy atom. The number of hydrogen-bond acceptors (Lipinski definition) is 2. The lowest BCUT2D eigenvalue weighted by molar-refractivity contribution is 0.778. The molecule has 90 valence electrons. The lowest BCUT2D eigenvalue weighted by Gasteiger charge is -2.21. The molecule has 0 aliphatic heterocycles. The van der Waals surface area contributed by atoms with E-state index in [4.69, 9.17) is 17.1 Å². The Hall–Kier alpha value is -0.990. The van der Waals surface area contributed by atoms with Gasteiger partial charge in [-0.2, -0.15) is 0 Å². The van der Waals surface area contributed by atoms with Gasteiger partial charge >= 0.3 is 0 Å². The number of aliphatic imine (C=N–C) groups is 1. The molecule has 0 aliphatic rings. The van der Waals surface area contributed by atoms with Crippen molar-refractivity contribution in [2.24, 2.45) is 10.1 Å². The molecule has 0 N–H and O–H groups in total. The molecule has 16 heavy (non-hydrogen) atoms. The highest BCUT2D eigenvalue weighted by atomic mass is 35.5. The van der Waals surface area contributed by atoms with E-state index in [1.54, 1.807) is 0 Å². The highest BCUT2D eigenvalue weighted by Gasteiger charge is 2.22. The molecular formula is C11H19ClN4. The van der Waals surface area contributed by atoms with Crippen molar-refractivity contribution in [2.75, 3.05) is 6.54 Å². The van der Waals surface area contributed by atoms with Gasteiger partial charge in [0.05, 0.1) is 4.87 Å². The molecule has 0 saturated carbocycles. The Bertz CT molecular complexity index is 312. The third-order valence-electron chi connectivity index (χ3n) is 2.12. The molecule has 5 heteroatoms. The predicted molar refractivity (Wildman–Crippen MR) is 70.3 cm³/mol. The van der Waals surface area contributed by atoms with E-state index < -0.39 is 4.87 Å². The molecule has 1 unspecified atom stereocenters. The summed E-state index contributed by atoms with van der Waals surface area (Å²) in [6.07, 6.45) is 4.40. The lowest BCUT2D eigenvalue weighted by Crippen LogP contribution is -2.26. The molecule has 0 radical (unpaired) electrons. The zero-order valence-corrected chi connectivity index (χ0v) is 11.1. The number of halogens is 1. The zero-order chi connectivity index (χ0) is 12.6. The fourth-order valence-corrected chi connectivity index (χ4v) is 1.27. The molecule has 1 atom stereocenters. The second-order valence-corrected chi connectivity index (χ2v) is 4.93. The van der Waals surface area contributed by atoms with Crippen LogP contribution in [0.15, 0.2) is 22.3 Å². The fourth-order valence-electron chi connectivity index (χ4n) is 1.13. The average Bonchev–Trinajstić information content (AvgIpc) is 2.16. The maximum Gasteiger partial charge on any atom is 0.0825 e. The van der Waals surface area contributed by atoms with Gasteiger partial charge in [-0.1, -0.05) is 17.3 Å². The van der Waals surface area contributed by atoms with Crippen LogP contribution in [0.2, 0.25) is 0 Å². The fraction of sp³-hybridized carbons (Fsp3) is 0.727. The summed E-state index contributed by atoms with van der Waals surface area (Å²) >= 11 is 6.36. The van der Waals surface area contributed by atoms with Crippen LogP contribution >= 0.6 is 11.6 Å². The van der Waals surface area contributed by atoms with Gasteiger partial charge in [-0.25, -0.2) is 0 Å². The standard InChI is InChI=1S/C11H19ClN4/c1-9(2)15-10(3)11(4,12)7-5-6-8-14-16-13/h5-6,9H,7-8H2,1-4H3/b6-5-,15-10?. The van der Waals surface area contributed by atoms with E-state index in [2.05, 4.69) is 15.0 Å². The topological polar surface area (TPSA) is 61.1 Å². The van der Waals surface area contributed by atoms with E-state index >= 15 is 0 Å². The summed E-state index contributed by atoms with van der Waals surface area (Å²) in [4.78, 5) is 6.63. The number of hydrogen-bond donors (Lipinski definition) is 0. The normalized spacial score (nSPS) is 16.2. The summed E-state index contributed by atoms with van der Waals surface area (Å²) in [6, 6.07) is 0.255. The second kappa shape index (κ2) is 7.31. The SMILES string of the molecule is CC(=NC(C)C)C(C)(Cl)C/C=C\CN=[N+]=[N-]. The van der Waals surface area contributed by atoms with Crippen LogP contribution in [0, 0.1) is 0 Å². The van der Waals surface area contributed by atoms with Gasteiger partial charge in [-0.15, -0.1) is 11.6 Å². The molecule has 0 bridgehead atoms. The summed E-state index contributed by atoms with van der Waals surface area (Å²) in [6.45, 7) is 8.29. The van der Waals surface area contributed by atoms with Gasteiger partial charge in [-0.3, -0.25) is 4.99 Å². The second-order valence-electron chi connectivity index (χ2n) is 4.09. The van der Waals surface area contributed by atoms with Crippen LogP contribution < -0.4 is 0 Å². The van der Waals surface area contributed by atoms with Crippen LogP contribution in [-0.2, 0) is 0 Å². The molecule has 0 aliphatic carbocycles. The monoisotopic (exact) mass is 242 g/mol. The molecule has 0 rings (SSSR count). The highest BCUT2D eigenvalue weighted by Crippen LogP contribution is 2.22. The van der Waals surface area contributed by atoms with Gasteiger partial charge in [0.25, 0.3) is 0 Å². The van der Waals surface area contributed by atoms with Crippen molar-refractivity contribution in [3.05, 3.63) is 22.6 Å². The van der Waals surface area contributed by atoms with Crippen molar-refractivity contribution in [1.29, 1.82) is 0 Å². The van der Waals surface area contributed by atoms with Crippen molar-refractivity contribution in [2.45, 2.75) is 45.0 Å². The molecule has 0 aromatic heterocycles. The van der Waals surface area contributed by atoms with E-state index in [0.29, 0.717) is 13.0 Å². The molecule has 0 saturated heterocycles. The van der Waals surface area contributed by atoms with Crippen molar-refractivity contribution >= 4 is 17.3 Å². The van der Waals surface area contributed by atoms with Gasteiger partial charge < -0.3 is 0 Å². The Balaban J connectivity index is 4.34. The molecule has 0 aromatic carbocycles. The summed E-state index contributed by atoms with van der Waals surface area (Å²) in [5.74, 6) is 0. The Labute approximate surface area is 102 Å². The van der Waals surface area contributed by atoms with Gasteiger partial charge in [0.1, 0.15) is 0 Å². The van der Waals surface area contributed by atoms with E-state index in [1.165, 1.54) is 0 Å². The molecule has 0 spiro atoms. The predicted octanol–water partition coefficient (Wildman–Crippen LogP) is 4.11. The number of allylic oxidation sites excluding steroid dienone is 1. The Morgan fingerprint density at radius 2 is 2.12 bits per heavy atom. The van der Waals surface area contributed by atoms with Crippen LogP contribution in [-0.4, -0.2) is 23.2 Å². The van der Waals surface area contributed by atoms with Crippen LogP contribution in [0.1, 0.15) is 34.1 Å². The first-order valence-electron chi connectivity index (χ1n) is 5.30. The van der Waals surface area contributed by atoms with E-state index in [9.17, 15) is 0 Å². The minimum absolute atomic E-state index is 0.255. The quantitative estimate of drug-likeness (QED) is 0.168. The molecule has 0 heterocycles. The van der Waals surface area contributed by atoms with Crippen molar-refractivity contribution in [3.8, 4) is 0 Å². The first kappa shape index (κ1) is 15.0. The van der Waals surface area contributed by atoms with Gasteiger partial charge in [0.2, 0.25) is 0 Å². The smallest absolute Gasteiger partial charge is 0.0825 e. The lowest BCUT2D eigenvalue weighted by atomic mass is 10.0. The van der Waals surface area contributed by atoms with Gasteiger partial charge in [-0.05, 0) is 39.6 Å². The van der Waals surface area contributed by atoms with Crippen molar-refractivity contribution in [1.82, 2.24) is 0 Å². The maximum atomic E-state index is 8.09. The number of rotatable bonds is 6. The molecule has 0 aromatic rings. The summed E-state index contributed by atoms with van der Waals surface area (Å²) < 4.78 is 0. The molecule has 0 amide bonds. The van der Waals surface area contributed by atoms with Crippen LogP contribution in [0.25, 0.3) is 10.4 Å². The van der Waals surface area contributed by atoms with Gasteiger partial charge in [0.15, 0.2) is 0 Å². The first-order valence-corrected chi connectivity index (χ1v) is 5.67. The number of alkyl halides is 1. The van der Waals surface area contributed by atoms with E-state index in [0.717, 1.165) is 5.71 Å². The number of azide groups is 1. The first-order chi connectivity index (χ1) is 7.40. The Kier molecular flexibility index (Phi) is 6.86. The molecule has 0 fully saturated rings. The third kappa shape index (κ3) is 6.49. The minimum atomic E-state index is -0.461. The minimum Gasteiger partial charge on any atom is -0.290 e. The highest BCUT2D eigenvalue weighted by molar-refractivity contribution is 6.35. The van der Waals surface area contributed by atoms with Crippen LogP contribution in [0.4, 0.5) is 0 Å². The van der Waals surface area contributed by atoms with Crippen LogP contribution in [0.3, 0.4) is 0 Å². The van der Waals surface area contributed by atoms with Crippen molar-refractivity contribution < 1.29 is 0 Å². The summed E-state index contributed by atoms with van der Waals surface area (Å²) in [5.41, 5.74) is 9.02. The number of nitrogens with zero attached hydrogens (tertiary/aromatic N) is 4. The Morgan fingerprint density at radius 3 is 2.62 bits per heavy atom. The molecule has 4 nitrogen and oxygen atoms in total. The summed E-state index contributed by atoms with van der Waals surface area (Å²) in [5, 5.41) is 3.41. The van der Waals surface area contributed by atoms with E-state index in [-0.39, 0.29) is 6.04 Å². The van der Waals surface area contributed by atoms with Gasteiger partial charge in [0, 0.05) is 23.2 Å². The van der Waals surface area contributed by atoms with Crippen LogP contribution in [0.5, 0.6) is 0 Å². The molecular weight excluding hydrogens is 224 g/mol.